The van der Waals surface area contributed by atoms with Crippen LogP contribution in [0.2, 0.25) is 0 Å². The zero-order valence-electron chi connectivity index (χ0n) is 12.7. The van der Waals surface area contributed by atoms with E-state index in [0.29, 0.717) is 6.54 Å². The first-order chi connectivity index (χ1) is 9.87. The van der Waals surface area contributed by atoms with Gasteiger partial charge in [0.2, 0.25) is 10.0 Å². The summed E-state index contributed by atoms with van der Waals surface area (Å²) in [5, 5.41) is 8.33. The Morgan fingerprint density at radius 2 is 1.90 bits per heavy atom. The highest BCUT2D eigenvalue weighted by Gasteiger charge is 2.22. The molecule has 8 heteroatoms. The van der Waals surface area contributed by atoms with Crippen molar-refractivity contribution < 1.29 is 8.42 Å². The summed E-state index contributed by atoms with van der Waals surface area (Å²) < 4.78 is 30.7. The first-order valence-corrected chi connectivity index (χ1v) is 8.44. The first-order valence-electron chi connectivity index (χ1n) is 6.96. The largest absolute Gasteiger partial charge is 0.272 e. The second-order valence-electron chi connectivity index (χ2n) is 4.90. The van der Waals surface area contributed by atoms with Crippen LogP contribution in [0, 0.1) is 6.92 Å². The molecular formula is C13H21N5O2S. The molecule has 116 valence electrons. The molecule has 0 aliphatic carbocycles. The highest BCUT2D eigenvalue weighted by molar-refractivity contribution is 7.89. The first kappa shape index (κ1) is 15.7. The number of aromatic nitrogens is 4. The van der Waals surface area contributed by atoms with Gasteiger partial charge in [-0.25, -0.2) is 13.1 Å². The van der Waals surface area contributed by atoms with Gasteiger partial charge in [0.15, 0.2) is 0 Å². The second-order valence-corrected chi connectivity index (χ2v) is 6.61. The van der Waals surface area contributed by atoms with Crippen LogP contribution in [0.25, 0.3) is 0 Å². The molecule has 0 aromatic carbocycles. The summed E-state index contributed by atoms with van der Waals surface area (Å²) in [5.41, 5.74) is 1.71. The van der Waals surface area contributed by atoms with E-state index >= 15 is 0 Å². The molecule has 0 amide bonds. The maximum atomic E-state index is 12.3. The molecular weight excluding hydrogens is 290 g/mol. The van der Waals surface area contributed by atoms with Gasteiger partial charge in [0, 0.05) is 37.1 Å². The molecule has 1 N–H and O–H groups in total. The number of hydrogen-bond acceptors (Lipinski definition) is 4. The fourth-order valence-corrected chi connectivity index (χ4v) is 3.32. The fourth-order valence-electron chi connectivity index (χ4n) is 2.14. The van der Waals surface area contributed by atoms with Crippen LogP contribution in [0.4, 0.5) is 0 Å². The van der Waals surface area contributed by atoms with Crippen LogP contribution in [-0.2, 0) is 23.1 Å². The van der Waals surface area contributed by atoms with E-state index in [9.17, 15) is 8.42 Å². The van der Waals surface area contributed by atoms with Crippen molar-refractivity contribution in [3.05, 3.63) is 29.8 Å². The monoisotopic (exact) mass is 311 g/mol. The van der Waals surface area contributed by atoms with Gasteiger partial charge in [0.1, 0.15) is 4.90 Å². The van der Waals surface area contributed by atoms with Gasteiger partial charge in [-0.05, 0) is 27.7 Å². The van der Waals surface area contributed by atoms with Crippen molar-refractivity contribution >= 4 is 10.0 Å². The Morgan fingerprint density at radius 3 is 2.43 bits per heavy atom. The minimum absolute atomic E-state index is 0.178. The molecule has 0 bridgehead atoms. The fraction of sp³-hybridized carbons (Fsp3) is 0.538. The van der Waals surface area contributed by atoms with Crippen molar-refractivity contribution in [3.63, 3.8) is 0 Å². The van der Waals surface area contributed by atoms with Crippen LogP contribution < -0.4 is 4.72 Å². The van der Waals surface area contributed by atoms with E-state index in [1.54, 1.807) is 9.36 Å². The van der Waals surface area contributed by atoms with Gasteiger partial charge in [-0.15, -0.1) is 0 Å². The molecule has 7 nitrogen and oxygen atoms in total. The van der Waals surface area contributed by atoms with Gasteiger partial charge < -0.3 is 0 Å². The van der Waals surface area contributed by atoms with Gasteiger partial charge in [-0.1, -0.05) is 0 Å². The van der Waals surface area contributed by atoms with E-state index in [2.05, 4.69) is 14.9 Å². The van der Waals surface area contributed by atoms with Gasteiger partial charge in [-0.3, -0.25) is 9.36 Å². The Balaban J connectivity index is 2.21. The van der Waals surface area contributed by atoms with Gasteiger partial charge in [-0.2, -0.15) is 10.2 Å². The molecule has 1 atom stereocenters. The normalized spacial score (nSPS) is 13.5. The smallest absolute Gasteiger partial charge is 0.244 e. The lowest BCUT2D eigenvalue weighted by atomic mass is 10.1. The van der Waals surface area contributed by atoms with Crippen LogP contribution in [0.15, 0.2) is 23.5 Å². The molecule has 2 aromatic rings. The third kappa shape index (κ3) is 3.33. The van der Waals surface area contributed by atoms with Gasteiger partial charge >= 0.3 is 0 Å². The Morgan fingerprint density at radius 1 is 1.24 bits per heavy atom. The summed E-state index contributed by atoms with van der Waals surface area (Å²) in [4.78, 5) is 0.178. The van der Waals surface area contributed by atoms with Gasteiger partial charge in [0.05, 0.1) is 11.9 Å². The quantitative estimate of drug-likeness (QED) is 0.876. The number of nitrogens with zero attached hydrogens (tertiary/aromatic N) is 4. The Bertz CT molecular complexity index is 717. The van der Waals surface area contributed by atoms with Crippen molar-refractivity contribution in [2.75, 3.05) is 0 Å². The topological polar surface area (TPSA) is 81.8 Å². The van der Waals surface area contributed by atoms with Crippen LogP contribution in [0.3, 0.4) is 0 Å². The Hall–Kier alpha value is -1.67. The molecule has 0 aliphatic rings. The highest BCUT2D eigenvalue weighted by Crippen LogP contribution is 2.19. The summed E-state index contributed by atoms with van der Waals surface area (Å²) in [6.45, 7) is 8.97. The van der Waals surface area contributed by atoms with E-state index < -0.39 is 10.0 Å². The SMILES string of the molecule is CCn1cc(S(=O)(=O)NC(C)c2cn(CC)nc2C)cn1. The van der Waals surface area contributed by atoms with E-state index in [0.717, 1.165) is 17.8 Å². The van der Waals surface area contributed by atoms with Crippen molar-refractivity contribution in [2.24, 2.45) is 0 Å². The molecule has 2 heterocycles. The number of sulfonamides is 1. The molecule has 0 spiro atoms. The lowest BCUT2D eigenvalue weighted by Gasteiger charge is -2.12. The minimum Gasteiger partial charge on any atom is -0.272 e. The summed E-state index contributed by atoms with van der Waals surface area (Å²) in [6.07, 6.45) is 4.76. The maximum Gasteiger partial charge on any atom is 0.244 e. The standard InChI is InChI=1S/C13H21N5O2S/c1-5-17-8-12(7-14-17)21(19,20)16-11(4)13-9-18(6-2)15-10(13)3/h7-9,11,16H,5-6H2,1-4H3. The molecule has 0 radical (unpaired) electrons. The Kier molecular flexibility index (Phi) is 4.48. The maximum absolute atomic E-state index is 12.3. The predicted molar refractivity (Wildman–Crippen MR) is 79.3 cm³/mol. The number of nitrogens with one attached hydrogen (secondary N) is 1. The third-order valence-electron chi connectivity index (χ3n) is 3.35. The van der Waals surface area contributed by atoms with E-state index in [4.69, 9.17) is 0 Å². The molecule has 1 unspecified atom stereocenters. The average Bonchev–Trinajstić information content (AvgIpc) is 3.04. The van der Waals surface area contributed by atoms with Crippen LogP contribution in [0.1, 0.15) is 38.1 Å². The highest BCUT2D eigenvalue weighted by atomic mass is 32.2. The summed E-state index contributed by atoms with van der Waals surface area (Å²) in [5.74, 6) is 0. The van der Waals surface area contributed by atoms with Crippen molar-refractivity contribution in [1.29, 1.82) is 0 Å². The molecule has 0 aliphatic heterocycles. The van der Waals surface area contributed by atoms with Crippen molar-refractivity contribution in [1.82, 2.24) is 24.3 Å². The van der Waals surface area contributed by atoms with Crippen LogP contribution in [-0.4, -0.2) is 28.0 Å². The summed E-state index contributed by atoms with van der Waals surface area (Å²) in [7, 11) is -3.58. The van der Waals surface area contributed by atoms with Crippen molar-refractivity contribution in [2.45, 2.75) is 51.7 Å². The molecule has 0 saturated heterocycles. The average molecular weight is 311 g/mol. The van der Waals surface area contributed by atoms with Crippen LogP contribution >= 0.6 is 0 Å². The lowest BCUT2D eigenvalue weighted by Crippen LogP contribution is -2.26. The van der Waals surface area contributed by atoms with E-state index in [-0.39, 0.29) is 10.9 Å². The van der Waals surface area contributed by atoms with E-state index in [1.807, 2.05) is 33.9 Å². The minimum atomic E-state index is -3.58. The van der Waals surface area contributed by atoms with Gasteiger partial charge in [0.25, 0.3) is 0 Å². The second kappa shape index (κ2) is 5.98. The predicted octanol–water partition coefficient (Wildman–Crippen LogP) is 1.47. The number of rotatable bonds is 6. The summed E-state index contributed by atoms with van der Waals surface area (Å²) >= 11 is 0. The van der Waals surface area contributed by atoms with Crippen molar-refractivity contribution in [3.8, 4) is 0 Å². The lowest BCUT2D eigenvalue weighted by molar-refractivity contribution is 0.566. The van der Waals surface area contributed by atoms with E-state index in [1.165, 1.54) is 12.4 Å². The molecule has 2 aromatic heterocycles. The summed E-state index contributed by atoms with van der Waals surface area (Å²) in [6, 6.07) is -0.347. The Labute approximate surface area is 125 Å². The molecule has 21 heavy (non-hydrogen) atoms. The van der Waals surface area contributed by atoms with Crippen LogP contribution in [0.5, 0.6) is 0 Å². The molecule has 2 rings (SSSR count). The molecule has 0 saturated carbocycles. The zero-order valence-corrected chi connectivity index (χ0v) is 13.6. The zero-order chi connectivity index (χ0) is 15.6. The molecule has 0 fully saturated rings. The number of aryl methyl sites for hydroxylation is 3. The third-order valence-corrected chi connectivity index (χ3v) is 4.85. The number of hydrogen-bond donors (Lipinski definition) is 1.